The molecule has 0 bridgehead atoms. The fourth-order valence-electron chi connectivity index (χ4n) is 3.01. The standard InChI is InChI=1S/C20H25N3O/c1-21-20(22-19-13-18(19)16-7-5-4-6-8-16)23(2)14-15-9-11-17(24-3)12-10-15/h4-12,18-19H,13-14H2,1-3H3,(H,21,22). The van der Waals surface area contributed by atoms with E-state index in [-0.39, 0.29) is 0 Å². The molecule has 2 atom stereocenters. The van der Waals surface area contributed by atoms with Crippen molar-refractivity contribution in [1.82, 2.24) is 10.2 Å². The zero-order valence-electron chi connectivity index (χ0n) is 14.6. The highest BCUT2D eigenvalue weighted by molar-refractivity contribution is 5.80. The topological polar surface area (TPSA) is 36.9 Å². The normalized spacial score (nSPS) is 19.7. The molecular formula is C20H25N3O. The zero-order valence-corrected chi connectivity index (χ0v) is 14.6. The van der Waals surface area contributed by atoms with Crippen LogP contribution in [0.4, 0.5) is 0 Å². The lowest BCUT2D eigenvalue weighted by molar-refractivity contribution is 0.414. The average molecular weight is 323 g/mol. The molecule has 3 rings (SSSR count). The summed E-state index contributed by atoms with van der Waals surface area (Å²) in [7, 11) is 5.60. The van der Waals surface area contributed by atoms with Gasteiger partial charge in [-0.2, -0.15) is 0 Å². The van der Waals surface area contributed by atoms with Gasteiger partial charge in [0.1, 0.15) is 5.75 Å². The summed E-state index contributed by atoms with van der Waals surface area (Å²) < 4.78 is 5.21. The largest absolute Gasteiger partial charge is 0.497 e. The van der Waals surface area contributed by atoms with Gasteiger partial charge in [0.2, 0.25) is 0 Å². The molecule has 2 aromatic rings. The summed E-state index contributed by atoms with van der Waals surface area (Å²) in [5.74, 6) is 2.42. The zero-order chi connectivity index (χ0) is 16.9. The lowest BCUT2D eigenvalue weighted by Gasteiger charge is -2.22. The van der Waals surface area contributed by atoms with Gasteiger partial charge in [-0.05, 0) is 29.7 Å². The van der Waals surface area contributed by atoms with Crippen LogP contribution in [0, 0.1) is 0 Å². The Bertz CT molecular complexity index is 682. The van der Waals surface area contributed by atoms with Crippen LogP contribution in [0.15, 0.2) is 59.6 Å². The molecule has 4 nitrogen and oxygen atoms in total. The van der Waals surface area contributed by atoms with Gasteiger partial charge in [0.15, 0.2) is 5.96 Å². The van der Waals surface area contributed by atoms with E-state index >= 15 is 0 Å². The summed E-state index contributed by atoms with van der Waals surface area (Å²) in [6.07, 6.45) is 1.17. The van der Waals surface area contributed by atoms with Crippen LogP contribution in [0.25, 0.3) is 0 Å². The first-order valence-corrected chi connectivity index (χ1v) is 8.33. The predicted molar refractivity (Wildman–Crippen MR) is 98.5 cm³/mol. The highest BCUT2D eigenvalue weighted by Gasteiger charge is 2.39. The summed E-state index contributed by atoms with van der Waals surface area (Å²) >= 11 is 0. The highest BCUT2D eigenvalue weighted by Crippen LogP contribution is 2.40. The molecule has 1 N–H and O–H groups in total. The Balaban J connectivity index is 1.56. The number of hydrogen-bond acceptors (Lipinski definition) is 2. The third-order valence-electron chi connectivity index (χ3n) is 4.48. The van der Waals surface area contributed by atoms with Gasteiger partial charge in [-0.25, -0.2) is 0 Å². The van der Waals surface area contributed by atoms with E-state index in [0.717, 1.165) is 18.3 Å². The fourth-order valence-corrected chi connectivity index (χ4v) is 3.01. The van der Waals surface area contributed by atoms with Crippen molar-refractivity contribution in [2.75, 3.05) is 21.2 Å². The van der Waals surface area contributed by atoms with E-state index in [2.05, 4.69) is 64.7 Å². The molecule has 0 spiro atoms. The molecule has 0 heterocycles. The summed E-state index contributed by atoms with van der Waals surface area (Å²) in [5, 5.41) is 3.58. The second-order valence-electron chi connectivity index (χ2n) is 6.26. The molecule has 24 heavy (non-hydrogen) atoms. The van der Waals surface area contributed by atoms with E-state index in [1.54, 1.807) is 7.11 Å². The fraction of sp³-hybridized carbons (Fsp3) is 0.350. The Morgan fingerprint density at radius 2 is 1.88 bits per heavy atom. The minimum atomic E-state index is 0.476. The third-order valence-corrected chi connectivity index (χ3v) is 4.48. The number of methoxy groups -OCH3 is 1. The molecule has 4 heteroatoms. The quantitative estimate of drug-likeness (QED) is 0.678. The van der Waals surface area contributed by atoms with Crippen molar-refractivity contribution >= 4 is 5.96 Å². The van der Waals surface area contributed by atoms with E-state index in [0.29, 0.717) is 12.0 Å². The Kier molecular flexibility index (Phi) is 5.04. The van der Waals surface area contributed by atoms with Gasteiger partial charge in [-0.15, -0.1) is 0 Å². The molecule has 2 aromatic carbocycles. The van der Waals surface area contributed by atoms with E-state index in [1.165, 1.54) is 17.5 Å². The molecule has 1 fully saturated rings. The molecule has 126 valence electrons. The Labute approximate surface area is 144 Å². The van der Waals surface area contributed by atoms with E-state index in [9.17, 15) is 0 Å². The van der Waals surface area contributed by atoms with Crippen LogP contribution in [0.2, 0.25) is 0 Å². The molecule has 0 amide bonds. The van der Waals surface area contributed by atoms with Crippen LogP contribution in [0.1, 0.15) is 23.5 Å². The van der Waals surface area contributed by atoms with E-state index in [1.807, 2.05) is 19.2 Å². The van der Waals surface area contributed by atoms with Gasteiger partial charge in [-0.1, -0.05) is 42.5 Å². The maximum absolute atomic E-state index is 5.21. The van der Waals surface area contributed by atoms with Crippen molar-refractivity contribution in [3.8, 4) is 5.75 Å². The maximum atomic E-state index is 5.21. The third kappa shape index (κ3) is 3.88. The van der Waals surface area contributed by atoms with Gasteiger partial charge < -0.3 is 15.0 Å². The number of benzene rings is 2. The molecular weight excluding hydrogens is 298 g/mol. The molecule has 1 saturated carbocycles. The van der Waals surface area contributed by atoms with Crippen LogP contribution in [-0.2, 0) is 6.54 Å². The second-order valence-corrected chi connectivity index (χ2v) is 6.26. The van der Waals surface area contributed by atoms with E-state index in [4.69, 9.17) is 4.74 Å². The predicted octanol–water partition coefficient (Wildman–Crippen LogP) is 3.26. The summed E-state index contributed by atoms with van der Waals surface area (Å²) in [6.45, 7) is 0.812. The Morgan fingerprint density at radius 3 is 2.50 bits per heavy atom. The number of aliphatic imine (C=N–C) groups is 1. The molecule has 0 aromatic heterocycles. The van der Waals surface area contributed by atoms with Gasteiger partial charge >= 0.3 is 0 Å². The Hall–Kier alpha value is -2.49. The number of nitrogens with one attached hydrogen (secondary N) is 1. The first kappa shape index (κ1) is 16.4. The summed E-state index contributed by atoms with van der Waals surface area (Å²) in [5.41, 5.74) is 2.64. The number of nitrogens with zero attached hydrogens (tertiary/aromatic N) is 2. The van der Waals surface area contributed by atoms with E-state index < -0.39 is 0 Å². The first-order valence-electron chi connectivity index (χ1n) is 8.33. The lowest BCUT2D eigenvalue weighted by atomic mass is 10.1. The van der Waals surface area contributed by atoms with Gasteiger partial charge in [-0.3, -0.25) is 4.99 Å². The van der Waals surface area contributed by atoms with Crippen LogP contribution in [0.5, 0.6) is 5.75 Å². The number of guanidine groups is 1. The maximum Gasteiger partial charge on any atom is 0.193 e. The van der Waals surface area contributed by atoms with Crippen molar-refractivity contribution in [2.45, 2.75) is 24.9 Å². The van der Waals surface area contributed by atoms with Crippen molar-refractivity contribution in [3.63, 3.8) is 0 Å². The Morgan fingerprint density at radius 1 is 1.17 bits per heavy atom. The number of rotatable bonds is 5. The van der Waals surface area contributed by atoms with Gasteiger partial charge in [0, 0.05) is 32.6 Å². The molecule has 2 unspecified atom stereocenters. The molecule has 0 saturated heterocycles. The number of ether oxygens (including phenoxy) is 1. The smallest absolute Gasteiger partial charge is 0.193 e. The minimum Gasteiger partial charge on any atom is -0.497 e. The van der Waals surface area contributed by atoms with Gasteiger partial charge in [0.25, 0.3) is 0 Å². The molecule has 0 radical (unpaired) electrons. The molecule has 1 aliphatic carbocycles. The van der Waals surface area contributed by atoms with Crippen molar-refractivity contribution < 1.29 is 4.74 Å². The van der Waals surface area contributed by atoms with Crippen LogP contribution < -0.4 is 10.1 Å². The summed E-state index contributed by atoms with van der Waals surface area (Å²) in [4.78, 5) is 6.59. The minimum absolute atomic E-state index is 0.476. The molecule has 0 aliphatic heterocycles. The average Bonchev–Trinajstić information content (AvgIpc) is 3.40. The summed E-state index contributed by atoms with van der Waals surface area (Å²) in [6, 6.07) is 19.3. The second kappa shape index (κ2) is 7.39. The van der Waals surface area contributed by atoms with Crippen LogP contribution >= 0.6 is 0 Å². The van der Waals surface area contributed by atoms with Crippen LogP contribution in [0.3, 0.4) is 0 Å². The van der Waals surface area contributed by atoms with Crippen molar-refractivity contribution in [3.05, 3.63) is 65.7 Å². The SMILES string of the molecule is CN=C(NC1CC1c1ccccc1)N(C)Cc1ccc(OC)cc1. The monoisotopic (exact) mass is 323 g/mol. The lowest BCUT2D eigenvalue weighted by Crippen LogP contribution is -2.40. The van der Waals surface area contributed by atoms with Crippen molar-refractivity contribution in [1.29, 1.82) is 0 Å². The van der Waals surface area contributed by atoms with Crippen molar-refractivity contribution in [2.24, 2.45) is 4.99 Å². The molecule has 1 aliphatic rings. The first-order chi connectivity index (χ1) is 11.7. The number of hydrogen-bond donors (Lipinski definition) is 1. The highest BCUT2D eigenvalue weighted by atomic mass is 16.5. The van der Waals surface area contributed by atoms with Crippen LogP contribution in [-0.4, -0.2) is 38.1 Å². The van der Waals surface area contributed by atoms with Gasteiger partial charge in [0.05, 0.1) is 7.11 Å².